The highest BCUT2D eigenvalue weighted by molar-refractivity contribution is 6.09. The van der Waals surface area contributed by atoms with Gasteiger partial charge >= 0.3 is 0 Å². The molecule has 3 aromatic rings. The lowest BCUT2D eigenvalue weighted by atomic mass is 9.98. The minimum atomic E-state index is -0.114. The molecule has 0 saturated carbocycles. The number of hydrogen-bond acceptors (Lipinski definition) is 7. The predicted octanol–water partition coefficient (Wildman–Crippen LogP) is 2.49. The highest BCUT2D eigenvalue weighted by Crippen LogP contribution is 2.29. The number of carbonyl (C=O) groups excluding carboxylic acids is 1. The summed E-state index contributed by atoms with van der Waals surface area (Å²) >= 11 is 0. The smallest absolute Gasteiger partial charge is 0.220 e. The van der Waals surface area contributed by atoms with Crippen molar-refractivity contribution >= 4 is 11.7 Å². The second-order valence-corrected chi connectivity index (χ2v) is 6.95. The molecule has 148 valence electrons. The Morgan fingerprint density at radius 2 is 1.90 bits per heavy atom. The molecule has 29 heavy (non-hydrogen) atoms. The molecule has 0 bridgehead atoms. The van der Waals surface area contributed by atoms with Crippen molar-refractivity contribution in [2.45, 2.75) is 6.54 Å². The predicted molar refractivity (Wildman–Crippen MR) is 110 cm³/mol. The summed E-state index contributed by atoms with van der Waals surface area (Å²) in [5, 5.41) is 10.2. The molecule has 0 aliphatic carbocycles. The molecule has 1 aromatic heterocycles. The number of anilines is 1. The van der Waals surface area contributed by atoms with Gasteiger partial charge in [-0.05, 0) is 35.9 Å². The zero-order valence-corrected chi connectivity index (χ0v) is 15.9. The van der Waals surface area contributed by atoms with Crippen molar-refractivity contribution in [3.05, 3.63) is 71.4 Å². The highest BCUT2D eigenvalue weighted by atomic mass is 16.5. The first kappa shape index (κ1) is 19.0. The number of benzene rings is 2. The van der Waals surface area contributed by atoms with Gasteiger partial charge in [-0.15, -0.1) is 0 Å². The summed E-state index contributed by atoms with van der Waals surface area (Å²) < 4.78 is 5.39. The highest BCUT2D eigenvalue weighted by Gasteiger charge is 2.16. The fraction of sp³-hybridized carbons (Fsp3) is 0.227. The number of aromatic hydroxyl groups is 1. The molecule has 0 spiro atoms. The van der Waals surface area contributed by atoms with Crippen molar-refractivity contribution in [3.8, 4) is 17.0 Å². The Morgan fingerprint density at radius 3 is 2.69 bits per heavy atom. The monoisotopic (exact) mass is 390 g/mol. The van der Waals surface area contributed by atoms with E-state index >= 15 is 0 Å². The second-order valence-electron chi connectivity index (χ2n) is 6.95. The summed E-state index contributed by atoms with van der Waals surface area (Å²) in [7, 11) is 0. The van der Waals surface area contributed by atoms with Gasteiger partial charge in [0.2, 0.25) is 5.95 Å². The molecule has 2 heterocycles. The van der Waals surface area contributed by atoms with E-state index in [4.69, 9.17) is 10.5 Å². The fourth-order valence-electron chi connectivity index (χ4n) is 3.40. The molecule has 4 rings (SSSR count). The largest absolute Gasteiger partial charge is 0.507 e. The van der Waals surface area contributed by atoms with Gasteiger partial charge in [0, 0.05) is 42.5 Å². The third-order valence-electron chi connectivity index (χ3n) is 4.91. The molecule has 3 N–H and O–H groups in total. The van der Waals surface area contributed by atoms with Crippen LogP contribution in [0.25, 0.3) is 11.3 Å². The van der Waals surface area contributed by atoms with Crippen LogP contribution in [0.5, 0.6) is 5.75 Å². The average molecular weight is 390 g/mol. The number of phenolic OH excluding ortho intramolecular Hbond substituents is 1. The van der Waals surface area contributed by atoms with Crippen LogP contribution in [0.4, 0.5) is 5.95 Å². The molecule has 0 atom stereocenters. The lowest BCUT2D eigenvalue weighted by Crippen LogP contribution is -2.35. The number of hydrogen-bond donors (Lipinski definition) is 2. The van der Waals surface area contributed by atoms with Crippen molar-refractivity contribution in [2.24, 2.45) is 0 Å². The fourth-order valence-corrected chi connectivity index (χ4v) is 3.40. The van der Waals surface area contributed by atoms with E-state index in [-0.39, 0.29) is 17.5 Å². The molecule has 0 radical (unpaired) electrons. The summed E-state index contributed by atoms with van der Waals surface area (Å²) in [5.41, 5.74) is 8.71. The molecule has 7 heteroatoms. The first-order valence-corrected chi connectivity index (χ1v) is 9.46. The number of nitrogens with zero attached hydrogens (tertiary/aromatic N) is 3. The minimum absolute atomic E-state index is 0.0284. The van der Waals surface area contributed by atoms with Crippen LogP contribution in [0, 0.1) is 0 Å². The van der Waals surface area contributed by atoms with Gasteiger partial charge in [0.15, 0.2) is 5.78 Å². The Morgan fingerprint density at radius 1 is 1.10 bits per heavy atom. The van der Waals surface area contributed by atoms with Crippen LogP contribution in [0.15, 0.2) is 54.7 Å². The summed E-state index contributed by atoms with van der Waals surface area (Å²) in [5.74, 6) is 0.0206. The normalized spacial score (nSPS) is 14.6. The number of rotatable bonds is 5. The Balaban J connectivity index is 1.59. The van der Waals surface area contributed by atoms with E-state index in [1.54, 1.807) is 24.3 Å². The molecule has 7 nitrogen and oxygen atoms in total. The van der Waals surface area contributed by atoms with E-state index in [1.165, 1.54) is 12.3 Å². The zero-order valence-electron chi connectivity index (χ0n) is 15.9. The Hall–Kier alpha value is -3.29. The number of morpholine rings is 1. The van der Waals surface area contributed by atoms with E-state index in [2.05, 4.69) is 14.9 Å². The molecule has 1 fully saturated rings. The number of aromatic nitrogens is 2. The molecule has 0 unspecified atom stereocenters. The lowest BCUT2D eigenvalue weighted by molar-refractivity contribution is 0.0342. The number of nitrogen functional groups attached to an aromatic ring is 1. The van der Waals surface area contributed by atoms with E-state index < -0.39 is 0 Å². The van der Waals surface area contributed by atoms with Crippen LogP contribution < -0.4 is 5.73 Å². The van der Waals surface area contributed by atoms with Gasteiger partial charge in [0.25, 0.3) is 0 Å². The number of phenols is 1. The number of carbonyl (C=O) groups is 1. The molecular formula is C22H22N4O3. The van der Waals surface area contributed by atoms with Gasteiger partial charge < -0.3 is 15.6 Å². The molecule has 1 aliphatic heterocycles. The van der Waals surface area contributed by atoms with Gasteiger partial charge in [-0.25, -0.2) is 9.97 Å². The van der Waals surface area contributed by atoms with Gasteiger partial charge in [-0.2, -0.15) is 0 Å². The third kappa shape index (κ3) is 4.42. The van der Waals surface area contributed by atoms with Crippen LogP contribution in [0.3, 0.4) is 0 Å². The molecule has 0 amide bonds. The average Bonchev–Trinajstić information content (AvgIpc) is 2.74. The quantitative estimate of drug-likeness (QED) is 0.645. The van der Waals surface area contributed by atoms with E-state index in [0.717, 1.165) is 38.4 Å². The van der Waals surface area contributed by atoms with Gasteiger partial charge in [-0.3, -0.25) is 9.69 Å². The van der Waals surface area contributed by atoms with Gasteiger partial charge in [0.05, 0.1) is 18.9 Å². The first-order valence-electron chi connectivity index (χ1n) is 9.46. The van der Waals surface area contributed by atoms with Gasteiger partial charge in [-0.1, -0.05) is 18.2 Å². The van der Waals surface area contributed by atoms with E-state index in [1.807, 2.05) is 18.2 Å². The van der Waals surface area contributed by atoms with Crippen LogP contribution in [0.2, 0.25) is 0 Å². The third-order valence-corrected chi connectivity index (χ3v) is 4.91. The minimum Gasteiger partial charge on any atom is -0.507 e. The van der Waals surface area contributed by atoms with E-state index in [0.29, 0.717) is 22.4 Å². The Bertz CT molecular complexity index is 1030. The summed E-state index contributed by atoms with van der Waals surface area (Å²) in [6.45, 7) is 4.04. The van der Waals surface area contributed by atoms with Crippen molar-refractivity contribution in [1.82, 2.24) is 14.9 Å². The first-order chi connectivity index (χ1) is 14.1. The maximum atomic E-state index is 13.1. The number of ketones is 1. The SMILES string of the molecule is Nc1nccc(-c2cc(C(=O)c3cccc(CN4CCOCC4)c3)ccc2O)n1. The van der Waals surface area contributed by atoms with Crippen LogP contribution in [-0.2, 0) is 11.3 Å². The van der Waals surface area contributed by atoms with Crippen LogP contribution >= 0.6 is 0 Å². The van der Waals surface area contributed by atoms with Crippen molar-refractivity contribution < 1.29 is 14.6 Å². The number of ether oxygens (including phenoxy) is 1. The molecular weight excluding hydrogens is 368 g/mol. The summed E-state index contributed by atoms with van der Waals surface area (Å²) in [4.78, 5) is 23.4. The second kappa shape index (κ2) is 8.38. The van der Waals surface area contributed by atoms with Crippen LogP contribution in [0.1, 0.15) is 21.5 Å². The lowest BCUT2D eigenvalue weighted by Gasteiger charge is -2.26. The zero-order chi connectivity index (χ0) is 20.2. The van der Waals surface area contributed by atoms with E-state index in [9.17, 15) is 9.90 Å². The van der Waals surface area contributed by atoms with Gasteiger partial charge in [0.1, 0.15) is 5.75 Å². The van der Waals surface area contributed by atoms with Crippen molar-refractivity contribution in [1.29, 1.82) is 0 Å². The maximum absolute atomic E-state index is 13.1. The molecule has 1 saturated heterocycles. The summed E-state index contributed by atoms with van der Waals surface area (Å²) in [6, 6.07) is 14.0. The maximum Gasteiger partial charge on any atom is 0.220 e. The Kier molecular flexibility index (Phi) is 5.50. The number of nitrogens with two attached hydrogens (primary N) is 1. The van der Waals surface area contributed by atoms with Crippen molar-refractivity contribution in [2.75, 3.05) is 32.0 Å². The Labute approximate surface area is 168 Å². The summed E-state index contributed by atoms with van der Waals surface area (Å²) in [6.07, 6.45) is 1.51. The van der Waals surface area contributed by atoms with Crippen LogP contribution in [-0.4, -0.2) is 52.1 Å². The standard InChI is InChI=1S/C22H22N4O3/c23-22-24-7-6-19(25-22)18-13-17(4-5-20(18)27)21(28)16-3-1-2-15(12-16)14-26-8-10-29-11-9-26/h1-7,12-13,27H,8-11,14H2,(H2,23,24,25). The molecule has 1 aliphatic rings. The topological polar surface area (TPSA) is 102 Å². The molecule has 2 aromatic carbocycles. The van der Waals surface area contributed by atoms with Crippen molar-refractivity contribution in [3.63, 3.8) is 0 Å².